The molecule has 0 saturated heterocycles. The maximum absolute atomic E-state index is 12.7. The highest BCUT2D eigenvalue weighted by Crippen LogP contribution is 2.34. The molecule has 0 spiro atoms. The van der Waals surface area contributed by atoms with Crippen molar-refractivity contribution in [1.29, 1.82) is 0 Å². The third kappa shape index (κ3) is 4.87. The highest BCUT2D eigenvalue weighted by molar-refractivity contribution is 5.80. The minimum atomic E-state index is -4.49. The number of carboxylic acid groups (broad SMARTS) is 1. The minimum Gasteiger partial charge on any atom is -0.484 e. The first kappa shape index (κ1) is 19.1. The number of carbonyl (C=O) groups is 2. The van der Waals surface area contributed by atoms with E-state index in [1.54, 1.807) is 6.92 Å². The van der Waals surface area contributed by atoms with Crippen LogP contribution < -0.4 is 10.1 Å². The van der Waals surface area contributed by atoms with Crippen molar-refractivity contribution in [1.82, 2.24) is 5.32 Å². The highest BCUT2D eigenvalue weighted by atomic mass is 19.4. The first-order valence-electron chi connectivity index (χ1n) is 7.96. The van der Waals surface area contributed by atoms with E-state index in [9.17, 15) is 27.9 Å². The zero-order valence-electron chi connectivity index (χ0n) is 13.7. The number of rotatable bonds is 5. The van der Waals surface area contributed by atoms with E-state index in [4.69, 9.17) is 4.74 Å². The molecule has 2 N–H and O–H groups in total. The molecule has 138 valence electrons. The average molecular weight is 359 g/mol. The Morgan fingerprint density at radius 1 is 1.36 bits per heavy atom. The molecule has 1 saturated carbocycles. The molecule has 0 radical (unpaired) electrons. The molecule has 8 heteroatoms. The number of aliphatic carboxylic acids is 1. The summed E-state index contributed by atoms with van der Waals surface area (Å²) < 4.78 is 43.1. The molecule has 0 bridgehead atoms. The molecule has 0 aromatic heterocycles. The van der Waals surface area contributed by atoms with Gasteiger partial charge in [-0.1, -0.05) is 18.9 Å². The van der Waals surface area contributed by atoms with Gasteiger partial charge in [-0.2, -0.15) is 13.2 Å². The molecule has 1 aliphatic rings. The van der Waals surface area contributed by atoms with Gasteiger partial charge in [0.15, 0.2) is 6.61 Å². The summed E-state index contributed by atoms with van der Waals surface area (Å²) >= 11 is 0. The fraction of sp³-hybridized carbons (Fsp3) is 0.529. The molecule has 1 aromatic rings. The number of hydrogen-bond donors (Lipinski definition) is 2. The predicted molar refractivity (Wildman–Crippen MR) is 83.1 cm³/mol. The maximum Gasteiger partial charge on any atom is 0.416 e. The van der Waals surface area contributed by atoms with Crippen molar-refractivity contribution in [2.75, 3.05) is 6.61 Å². The van der Waals surface area contributed by atoms with Gasteiger partial charge in [-0.05, 0) is 38.0 Å². The van der Waals surface area contributed by atoms with Crippen LogP contribution in [0, 0.1) is 5.92 Å². The molecule has 0 heterocycles. The summed E-state index contributed by atoms with van der Waals surface area (Å²) in [6.07, 6.45) is -1.91. The van der Waals surface area contributed by atoms with E-state index in [2.05, 4.69) is 5.32 Å². The van der Waals surface area contributed by atoms with Crippen LogP contribution in [0.5, 0.6) is 5.75 Å². The summed E-state index contributed by atoms with van der Waals surface area (Å²) in [7, 11) is 0. The lowest BCUT2D eigenvalue weighted by Gasteiger charge is -2.39. The average Bonchev–Trinajstić information content (AvgIpc) is 2.52. The van der Waals surface area contributed by atoms with Gasteiger partial charge >= 0.3 is 12.1 Å². The smallest absolute Gasteiger partial charge is 0.416 e. The Balaban J connectivity index is 1.97. The van der Waals surface area contributed by atoms with Crippen LogP contribution in [-0.2, 0) is 15.8 Å². The van der Waals surface area contributed by atoms with Gasteiger partial charge in [0.25, 0.3) is 5.91 Å². The molecule has 2 unspecified atom stereocenters. The Labute approximate surface area is 143 Å². The second kappa shape index (κ2) is 7.33. The van der Waals surface area contributed by atoms with Crippen molar-refractivity contribution >= 4 is 11.9 Å². The quantitative estimate of drug-likeness (QED) is 0.846. The molecule has 25 heavy (non-hydrogen) atoms. The van der Waals surface area contributed by atoms with Gasteiger partial charge in [0.05, 0.1) is 17.0 Å². The molecule has 1 aliphatic carbocycles. The summed E-state index contributed by atoms with van der Waals surface area (Å²) in [6, 6.07) is 4.24. The van der Waals surface area contributed by atoms with Crippen LogP contribution in [0.25, 0.3) is 0 Å². The van der Waals surface area contributed by atoms with Gasteiger partial charge in [-0.25, -0.2) is 0 Å². The Hall–Kier alpha value is -2.25. The van der Waals surface area contributed by atoms with Crippen molar-refractivity contribution in [2.24, 2.45) is 5.92 Å². The summed E-state index contributed by atoms with van der Waals surface area (Å²) in [5.74, 6) is -2.30. The Bertz CT molecular complexity index is 647. The van der Waals surface area contributed by atoms with Crippen LogP contribution in [0.15, 0.2) is 24.3 Å². The zero-order valence-corrected chi connectivity index (χ0v) is 13.7. The van der Waals surface area contributed by atoms with Crippen molar-refractivity contribution < 1.29 is 32.6 Å². The molecule has 1 fully saturated rings. The highest BCUT2D eigenvalue weighted by Gasteiger charge is 2.42. The topological polar surface area (TPSA) is 75.6 Å². The van der Waals surface area contributed by atoms with Crippen LogP contribution in [0.3, 0.4) is 0 Å². The Morgan fingerprint density at radius 3 is 2.72 bits per heavy atom. The SMILES string of the molecule is CC1(NC(=O)COc2cccc(C(F)(F)F)c2)CCCCC1C(=O)O. The van der Waals surface area contributed by atoms with Gasteiger partial charge in [0.2, 0.25) is 0 Å². The molecule has 2 rings (SSSR count). The molecule has 2 atom stereocenters. The number of carboxylic acids is 1. The largest absolute Gasteiger partial charge is 0.484 e. The van der Waals surface area contributed by atoms with Gasteiger partial charge in [0, 0.05) is 0 Å². The van der Waals surface area contributed by atoms with Crippen molar-refractivity contribution in [2.45, 2.75) is 44.3 Å². The summed E-state index contributed by atoms with van der Waals surface area (Å²) in [5, 5.41) is 12.0. The summed E-state index contributed by atoms with van der Waals surface area (Å²) in [4.78, 5) is 23.5. The molecule has 1 amide bonds. The standard InChI is InChI=1S/C17H20F3NO4/c1-16(8-3-2-7-13(16)15(23)24)21-14(22)10-25-12-6-4-5-11(9-12)17(18,19)20/h4-6,9,13H,2-3,7-8,10H2,1H3,(H,21,22)(H,23,24). The minimum absolute atomic E-state index is 0.0754. The lowest BCUT2D eigenvalue weighted by molar-refractivity contribution is -0.147. The number of ether oxygens (including phenoxy) is 1. The fourth-order valence-corrected chi connectivity index (χ4v) is 3.14. The maximum atomic E-state index is 12.7. The molecular weight excluding hydrogens is 339 g/mol. The van der Waals surface area contributed by atoms with Crippen molar-refractivity contribution in [3.63, 3.8) is 0 Å². The number of nitrogens with one attached hydrogen (secondary N) is 1. The second-order valence-electron chi connectivity index (χ2n) is 6.42. The molecular formula is C17H20F3NO4. The van der Waals surface area contributed by atoms with Crippen LogP contribution in [0.2, 0.25) is 0 Å². The van der Waals surface area contributed by atoms with Crippen LogP contribution >= 0.6 is 0 Å². The number of halogens is 3. The number of hydrogen-bond acceptors (Lipinski definition) is 3. The van der Waals surface area contributed by atoms with E-state index in [0.29, 0.717) is 12.8 Å². The van der Waals surface area contributed by atoms with Crippen LogP contribution in [0.1, 0.15) is 38.2 Å². The van der Waals surface area contributed by atoms with Gasteiger partial charge < -0.3 is 15.2 Å². The van der Waals surface area contributed by atoms with E-state index < -0.39 is 41.7 Å². The number of alkyl halides is 3. The van der Waals surface area contributed by atoms with Crippen molar-refractivity contribution in [3.8, 4) is 5.75 Å². The van der Waals surface area contributed by atoms with Crippen LogP contribution in [0.4, 0.5) is 13.2 Å². The number of benzene rings is 1. The normalized spacial score (nSPS) is 23.8. The third-order valence-electron chi connectivity index (χ3n) is 4.46. The van der Waals surface area contributed by atoms with Gasteiger partial charge in [0.1, 0.15) is 5.75 Å². The van der Waals surface area contributed by atoms with E-state index >= 15 is 0 Å². The van der Waals surface area contributed by atoms with Crippen LogP contribution in [-0.4, -0.2) is 29.1 Å². The second-order valence-corrected chi connectivity index (χ2v) is 6.42. The number of carbonyl (C=O) groups excluding carboxylic acids is 1. The van der Waals surface area contributed by atoms with Crippen molar-refractivity contribution in [3.05, 3.63) is 29.8 Å². The Morgan fingerprint density at radius 2 is 2.08 bits per heavy atom. The fourth-order valence-electron chi connectivity index (χ4n) is 3.14. The first-order valence-corrected chi connectivity index (χ1v) is 7.96. The molecule has 0 aliphatic heterocycles. The molecule has 1 aromatic carbocycles. The molecule has 5 nitrogen and oxygen atoms in total. The lowest BCUT2D eigenvalue weighted by Crippen LogP contribution is -2.56. The Kier molecular flexibility index (Phi) is 5.59. The lowest BCUT2D eigenvalue weighted by atomic mass is 9.74. The van der Waals surface area contributed by atoms with Gasteiger partial charge in [-0.15, -0.1) is 0 Å². The zero-order chi connectivity index (χ0) is 18.7. The first-order chi connectivity index (χ1) is 11.6. The predicted octanol–water partition coefficient (Wildman–Crippen LogP) is 3.23. The monoisotopic (exact) mass is 359 g/mol. The van der Waals surface area contributed by atoms with E-state index in [-0.39, 0.29) is 5.75 Å². The van der Waals surface area contributed by atoms with E-state index in [1.165, 1.54) is 12.1 Å². The van der Waals surface area contributed by atoms with Gasteiger partial charge in [-0.3, -0.25) is 9.59 Å². The summed E-state index contributed by atoms with van der Waals surface area (Å²) in [6.45, 7) is 1.19. The van der Waals surface area contributed by atoms with E-state index in [0.717, 1.165) is 25.0 Å². The third-order valence-corrected chi connectivity index (χ3v) is 4.46. The summed E-state index contributed by atoms with van der Waals surface area (Å²) in [5.41, 5.74) is -1.76. The number of amides is 1. The van der Waals surface area contributed by atoms with E-state index in [1.807, 2.05) is 0 Å².